The number of morpholine rings is 1. The predicted molar refractivity (Wildman–Crippen MR) is 111 cm³/mol. The van der Waals surface area contributed by atoms with E-state index in [0.717, 1.165) is 60.7 Å². The number of thiophene rings is 1. The summed E-state index contributed by atoms with van der Waals surface area (Å²) in [6, 6.07) is 5.09. The summed E-state index contributed by atoms with van der Waals surface area (Å²) in [7, 11) is 1.56. The molecule has 1 aliphatic rings. The largest absolute Gasteiger partial charge is 0.493 e. The molecule has 0 saturated carbocycles. The highest BCUT2D eigenvalue weighted by molar-refractivity contribution is 7.18. The maximum Gasteiger partial charge on any atom is 0.232 e. The minimum Gasteiger partial charge on any atom is -0.493 e. The lowest BCUT2D eigenvalue weighted by atomic mass is 10.2. The van der Waals surface area contributed by atoms with Crippen LogP contribution in [0.15, 0.2) is 18.2 Å². The van der Waals surface area contributed by atoms with Crippen LogP contribution < -0.4 is 14.4 Å². The van der Waals surface area contributed by atoms with Crippen molar-refractivity contribution in [1.29, 1.82) is 0 Å². The van der Waals surface area contributed by atoms with Crippen molar-refractivity contribution in [3.05, 3.63) is 40.0 Å². The predicted octanol–water partition coefficient (Wildman–Crippen LogP) is 2.34. The average Bonchev–Trinajstić information content (AvgIpc) is 3.02. The van der Waals surface area contributed by atoms with Gasteiger partial charge in [-0.25, -0.2) is 4.98 Å². The Morgan fingerprint density at radius 2 is 2.00 bits per heavy atom. The fraction of sp³-hybridized carbons (Fsp3) is 0.381. The van der Waals surface area contributed by atoms with Crippen molar-refractivity contribution in [2.24, 2.45) is 0 Å². The average molecular weight is 415 g/mol. The molecule has 1 saturated heterocycles. The molecule has 7 nitrogen and oxygen atoms in total. The molecular formula is C21H24N3O4S+. The molecular weight excluding hydrogens is 390 g/mol. The van der Waals surface area contributed by atoms with Gasteiger partial charge in [0.05, 0.1) is 25.7 Å². The van der Waals surface area contributed by atoms with Gasteiger partial charge in [0.25, 0.3) is 0 Å². The molecule has 0 radical (unpaired) electrons. The maximum atomic E-state index is 11.1. The van der Waals surface area contributed by atoms with Crippen LogP contribution >= 0.6 is 11.3 Å². The van der Waals surface area contributed by atoms with Crippen LogP contribution in [0.2, 0.25) is 0 Å². The van der Waals surface area contributed by atoms with Crippen LogP contribution in [-0.4, -0.2) is 49.7 Å². The molecule has 0 amide bonds. The molecule has 0 aliphatic carbocycles. The first-order valence-electron chi connectivity index (χ1n) is 9.58. The van der Waals surface area contributed by atoms with Crippen LogP contribution in [0.25, 0.3) is 10.2 Å². The SMILES string of the molecule is COc1cc(C=O)ccc1Oc1nc(C[NH+]2CCOCC2)nc2sc(C)c(C)c12. The van der Waals surface area contributed by atoms with Gasteiger partial charge in [0.1, 0.15) is 30.8 Å². The van der Waals surface area contributed by atoms with E-state index in [9.17, 15) is 4.79 Å². The summed E-state index contributed by atoms with van der Waals surface area (Å²) in [5, 5.41) is 0.926. The van der Waals surface area contributed by atoms with E-state index in [0.29, 0.717) is 22.9 Å². The van der Waals surface area contributed by atoms with Crippen LogP contribution in [0, 0.1) is 13.8 Å². The van der Waals surface area contributed by atoms with Crippen molar-refractivity contribution >= 4 is 27.8 Å². The Bertz CT molecular complexity index is 1040. The number of carbonyl (C=O) groups excluding carboxylic acids is 1. The van der Waals surface area contributed by atoms with Crippen LogP contribution in [0.1, 0.15) is 26.6 Å². The second-order valence-corrected chi connectivity index (χ2v) is 8.28. The topological polar surface area (TPSA) is 75.0 Å². The first-order valence-corrected chi connectivity index (χ1v) is 10.4. The second-order valence-electron chi connectivity index (χ2n) is 7.08. The monoisotopic (exact) mass is 414 g/mol. The van der Waals surface area contributed by atoms with Crippen molar-refractivity contribution in [3.63, 3.8) is 0 Å². The van der Waals surface area contributed by atoms with Gasteiger partial charge in [-0.1, -0.05) is 0 Å². The Morgan fingerprint density at radius 1 is 1.21 bits per heavy atom. The van der Waals surface area contributed by atoms with Crippen LogP contribution in [-0.2, 0) is 11.3 Å². The Morgan fingerprint density at radius 3 is 2.72 bits per heavy atom. The molecule has 1 aliphatic heterocycles. The van der Waals surface area contributed by atoms with E-state index in [1.807, 2.05) is 0 Å². The number of rotatable bonds is 6. The van der Waals surface area contributed by atoms with E-state index in [1.54, 1.807) is 36.6 Å². The Kier molecular flexibility index (Phi) is 5.75. The highest BCUT2D eigenvalue weighted by atomic mass is 32.1. The zero-order valence-electron chi connectivity index (χ0n) is 16.8. The number of aryl methyl sites for hydroxylation is 2. The molecule has 0 spiro atoms. The fourth-order valence-electron chi connectivity index (χ4n) is 3.41. The lowest BCUT2D eigenvalue weighted by molar-refractivity contribution is -0.922. The molecule has 1 aromatic carbocycles. The molecule has 3 heterocycles. The van der Waals surface area contributed by atoms with Gasteiger partial charge in [0.2, 0.25) is 5.88 Å². The van der Waals surface area contributed by atoms with Gasteiger partial charge in [-0.3, -0.25) is 4.79 Å². The number of carbonyl (C=O) groups is 1. The molecule has 0 atom stereocenters. The van der Waals surface area contributed by atoms with Crippen LogP contribution in [0.5, 0.6) is 17.4 Å². The number of ether oxygens (including phenoxy) is 3. The van der Waals surface area contributed by atoms with Crippen molar-refractivity contribution in [2.45, 2.75) is 20.4 Å². The molecule has 1 fully saturated rings. The number of hydrogen-bond acceptors (Lipinski definition) is 7. The molecule has 2 aromatic heterocycles. The van der Waals surface area contributed by atoms with Gasteiger partial charge in [-0.05, 0) is 37.6 Å². The molecule has 0 unspecified atom stereocenters. The number of hydrogen-bond donors (Lipinski definition) is 1. The molecule has 1 N–H and O–H groups in total. The number of benzene rings is 1. The summed E-state index contributed by atoms with van der Waals surface area (Å²) in [6.45, 7) is 8.29. The molecule has 152 valence electrons. The highest BCUT2D eigenvalue weighted by Crippen LogP contribution is 2.38. The van der Waals surface area contributed by atoms with E-state index in [2.05, 4.69) is 13.8 Å². The van der Waals surface area contributed by atoms with Gasteiger partial charge in [0.15, 0.2) is 17.3 Å². The molecule has 4 rings (SSSR count). The van der Waals surface area contributed by atoms with E-state index in [4.69, 9.17) is 24.2 Å². The van der Waals surface area contributed by atoms with Gasteiger partial charge in [-0.15, -0.1) is 11.3 Å². The van der Waals surface area contributed by atoms with Crippen LogP contribution in [0.3, 0.4) is 0 Å². The maximum absolute atomic E-state index is 11.1. The van der Waals surface area contributed by atoms with Crippen LogP contribution in [0.4, 0.5) is 0 Å². The normalized spacial score (nSPS) is 14.9. The molecule has 29 heavy (non-hydrogen) atoms. The summed E-state index contributed by atoms with van der Waals surface area (Å²) in [5.41, 5.74) is 1.65. The quantitative estimate of drug-likeness (QED) is 0.624. The minimum atomic E-state index is 0.492. The van der Waals surface area contributed by atoms with E-state index >= 15 is 0 Å². The number of aromatic nitrogens is 2. The van der Waals surface area contributed by atoms with E-state index < -0.39 is 0 Å². The molecule has 3 aromatic rings. The number of fused-ring (bicyclic) bond motifs is 1. The summed E-state index contributed by atoms with van der Waals surface area (Å²) < 4.78 is 17.1. The highest BCUT2D eigenvalue weighted by Gasteiger charge is 2.21. The Labute approximate surface area is 173 Å². The third-order valence-corrected chi connectivity index (χ3v) is 6.28. The lowest BCUT2D eigenvalue weighted by Crippen LogP contribution is -3.12. The van der Waals surface area contributed by atoms with Crippen molar-refractivity contribution in [3.8, 4) is 17.4 Å². The zero-order valence-corrected chi connectivity index (χ0v) is 17.6. The molecule has 8 heteroatoms. The van der Waals surface area contributed by atoms with Gasteiger partial charge < -0.3 is 19.1 Å². The third-order valence-electron chi connectivity index (χ3n) is 5.18. The smallest absolute Gasteiger partial charge is 0.232 e. The van der Waals surface area contributed by atoms with Crippen molar-refractivity contribution < 1.29 is 23.9 Å². The first-order chi connectivity index (χ1) is 14.1. The number of quaternary nitrogens is 1. The fourth-order valence-corrected chi connectivity index (χ4v) is 4.45. The van der Waals surface area contributed by atoms with Gasteiger partial charge in [-0.2, -0.15) is 4.98 Å². The number of methoxy groups -OCH3 is 1. The van der Waals surface area contributed by atoms with Gasteiger partial charge >= 0.3 is 0 Å². The van der Waals surface area contributed by atoms with Crippen molar-refractivity contribution in [1.82, 2.24) is 9.97 Å². The standard InChI is InChI=1S/C21H23N3O4S/c1-13-14(2)29-21-19(13)20(22-18(23-21)11-24-6-8-27-9-7-24)28-16-5-4-15(12-25)10-17(16)26-3/h4-5,10,12H,6-9,11H2,1-3H3/p+1. The molecule has 0 bridgehead atoms. The lowest BCUT2D eigenvalue weighted by Gasteiger charge is -2.23. The zero-order chi connectivity index (χ0) is 20.4. The number of aldehydes is 1. The third kappa shape index (κ3) is 4.10. The minimum absolute atomic E-state index is 0.492. The number of nitrogens with one attached hydrogen (secondary N) is 1. The van der Waals surface area contributed by atoms with Gasteiger partial charge in [0, 0.05) is 10.4 Å². The first kappa shape index (κ1) is 19.8. The Hall–Kier alpha value is -2.55. The summed E-state index contributed by atoms with van der Waals surface area (Å²) in [5.74, 6) is 2.29. The van der Waals surface area contributed by atoms with Crippen molar-refractivity contribution in [2.75, 3.05) is 33.4 Å². The summed E-state index contributed by atoms with van der Waals surface area (Å²) in [4.78, 5) is 24.2. The van der Waals surface area contributed by atoms with E-state index in [-0.39, 0.29) is 0 Å². The van der Waals surface area contributed by atoms with E-state index in [1.165, 1.54) is 9.78 Å². The number of nitrogens with zero attached hydrogens (tertiary/aromatic N) is 2. The summed E-state index contributed by atoms with van der Waals surface area (Å²) >= 11 is 1.65. The summed E-state index contributed by atoms with van der Waals surface area (Å²) in [6.07, 6.45) is 0.783. The Balaban J connectivity index is 1.74. The second kappa shape index (κ2) is 8.44.